The Morgan fingerprint density at radius 3 is 2.00 bits per heavy atom. The van der Waals surface area contributed by atoms with Gasteiger partial charge in [0.1, 0.15) is 0 Å². The molecular formula is C29H22N2O5S. The first-order valence-corrected chi connectivity index (χ1v) is 12.9. The lowest BCUT2D eigenvalue weighted by Gasteiger charge is -2.20. The molecule has 37 heavy (non-hydrogen) atoms. The molecule has 0 spiro atoms. The second-order valence-corrected chi connectivity index (χ2v) is 10.7. The van der Waals surface area contributed by atoms with Crippen LogP contribution in [0.15, 0.2) is 102 Å². The van der Waals surface area contributed by atoms with Gasteiger partial charge in [0.2, 0.25) is 10.0 Å². The lowest BCUT2D eigenvalue weighted by Crippen LogP contribution is -2.26. The fourth-order valence-electron chi connectivity index (χ4n) is 4.33. The third-order valence-electron chi connectivity index (χ3n) is 6.27. The monoisotopic (exact) mass is 510 g/mol. The molecular weight excluding hydrogens is 488 g/mol. The van der Waals surface area contributed by atoms with E-state index in [0.717, 1.165) is 5.56 Å². The van der Waals surface area contributed by atoms with Crippen molar-refractivity contribution in [2.45, 2.75) is 11.4 Å². The van der Waals surface area contributed by atoms with Crippen LogP contribution >= 0.6 is 0 Å². The summed E-state index contributed by atoms with van der Waals surface area (Å²) in [6.45, 7) is 0.209. The second-order valence-electron chi connectivity index (χ2n) is 8.66. The van der Waals surface area contributed by atoms with E-state index in [4.69, 9.17) is 0 Å². The number of rotatable bonds is 6. The van der Waals surface area contributed by atoms with E-state index in [0.29, 0.717) is 5.56 Å². The van der Waals surface area contributed by atoms with Gasteiger partial charge in [-0.05, 0) is 35.9 Å². The molecule has 1 aliphatic carbocycles. The van der Waals surface area contributed by atoms with Gasteiger partial charge >= 0.3 is 0 Å². The molecule has 5 rings (SSSR count). The highest BCUT2D eigenvalue weighted by Crippen LogP contribution is 2.32. The first-order valence-electron chi connectivity index (χ1n) is 11.5. The highest BCUT2D eigenvalue weighted by molar-refractivity contribution is 7.89. The molecule has 0 bridgehead atoms. The van der Waals surface area contributed by atoms with E-state index >= 15 is 0 Å². The van der Waals surface area contributed by atoms with E-state index in [-0.39, 0.29) is 50.9 Å². The molecule has 1 N–H and O–H groups in total. The quantitative estimate of drug-likeness (QED) is 0.362. The summed E-state index contributed by atoms with van der Waals surface area (Å²) in [6, 6.07) is 26.1. The van der Waals surface area contributed by atoms with Gasteiger partial charge in [-0.3, -0.25) is 14.4 Å². The third kappa shape index (κ3) is 4.48. The number of amides is 1. The van der Waals surface area contributed by atoms with Crippen molar-refractivity contribution in [2.75, 3.05) is 12.4 Å². The van der Waals surface area contributed by atoms with Crippen molar-refractivity contribution in [1.82, 2.24) is 4.31 Å². The predicted octanol–water partition coefficient (Wildman–Crippen LogP) is 4.54. The molecule has 0 saturated carbocycles. The number of nitrogens with one attached hydrogen (secondary N) is 1. The smallest absolute Gasteiger partial charge is 0.255 e. The van der Waals surface area contributed by atoms with Gasteiger partial charge in [0.15, 0.2) is 11.6 Å². The van der Waals surface area contributed by atoms with Gasteiger partial charge in [-0.15, -0.1) is 0 Å². The van der Waals surface area contributed by atoms with Crippen molar-refractivity contribution in [3.05, 3.63) is 130 Å². The normalized spacial score (nSPS) is 12.7. The Morgan fingerprint density at radius 1 is 0.730 bits per heavy atom. The minimum Gasteiger partial charge on any atom is -0.321 e. The van der Waals surface area contributed by atoms with E-state index in [1.165, 1.54) is 35.6 Å². The van der Waals surface area contributed by atoms with Gasteiger partial charge in [0, 0.05) is 35.8 Å². The predicted molar refractivity (Wildman–Crippen MR) is 139 cm³/mol. The molecule has 4 aromatic rings. The van der Waals surface area contributed by atoms with Crippen molar-refractivity contribution in [3.63, 3.8) is 0 Å². The van der Waals surface area contributed by atoms with Crippen molar-refractivity contribution in [2.24, 2.45) is 0 Å². The molecule has 0 radical (unpaired) electrons. The number of fused-ring (bicyclic) bond motifs is 2. The first-order chi connectivity index (χ1) is 17.8. The van der Waals surface area contributed by atoms with Crippen molar-refractivity contribution < 1.29 is 22.8 Å². The molecule has 0 unspecified atom stereocenters. The van der Waals surface area contributed by atoms with Crippen LogP contribution in [0.1, 0.15) is 47.8 Å². The second kappa shape index (κ2) is 9.57. The third-order valence-corrected chi connectivity index (χ3v) is 8.09. The summed E-state index contributed by atoms with van der Waals surface area (Å²) in [5.74, 6) is -1.16. The maximum absolute atomic E-state index is 13.2. The zero-order valence-corrected chi connectivity index (χ0v) is 20.7. The maximum atomic E-state index is 13.2. The lowest BCUT2D eigenvalue weighted by molar-refractivity contribution is 0.0978. The Morgan fingerprint density at radius 2 is 1.32 bits per heavy atom. The molecule has 1 amide bonds. The Kier molecular flexibility index (Phi) is 6.29. The van der Waals surface area contributed by atoms with Gasteiger partial charge in [0.05, 0.1) is 16.1 Å². The number of carbonyl (C=O) groups is 3. The number of anilines is 1. The SMILES string of the molecule is CN(Cc1ccccc1)S(=O)(=O)c1ccc(C(=O)Nc2cccc3c2C(=O)c2ccccc2C3=O)cc1. The minimum absolute atomic E-state index is 0.0527. The van der Waals surface area contributed by atoms with Crippen LogP contribution in [0.2, 0.25) is 0 Å². The summed E-state index contributed by atoms with van der Waals surface area (Å²) in [4.78, 5) is 39.2. The zero-order chi connectivity index (χ0) is 26.2. The largest absolute Gasteiger partial charge is 0.321 e. The van der Waals surface area contributed by atoms with Crippen LogP contribution in [0.4, 0.5) is 5.69 Å². The molecule has 0 heterocycles. The molecule has 0 fully saturated rings. The Balaban J connectivity index is 1.37. The fourth-order valence-corrected chi connectivity index (χ4v) is 5.49. The van der Waals surface area contributed by atoms with Crippen LogP contribution in [-0.4, -0.2) is 37.2 Å². The van der Waals surface area contributed by atoms with Crippen molar-refractivity contribution >= 4 is 33.2 Å². The van der Waals surface area contributed by atoms with Crippen LogP contribution in [0, 0.1) is 0 Å². The average molecular weight is 511 g/mol. The number of hydrogen-bond acceptors (Lipinski definition) is 5. The molecule has 4 aromatic carbocycles. The van der Waals surface area contributed by atoms with E-state index in [1.54, 1.807) is 42.5 Å². The van der Waals surface area contributed by atoms with Crippen LogP contribution in [-0.2, 0) is 16.6 Å². The Hall–Kier alpha value is -4.40. The van der Waals surface area contributed by atoms with E-state index < -0.39 is 15.9 Å². The molecule has 0 saturated heterocycles. The molecule has 0 aromatic heterocycles. The fraction of sp³-hybridized carbons (Fsp3) is 0.0690. The molecule has 7 nitrogen and oxygen atoms in total. The molecule has 0 atom stereocenters. The highest BCUT2D eigenvalue weighted by atomic mass is 32.2. The molecule has 1 aliphatic rings. The number of benzene rings is 4. The van der Waals surface area contributed by atoms with Crippen molar-refractivity contribution in [1.29, 1.82) is 0 Å². The van der Waals surface area contributed by atoms with E-state index in [9.17, 15) is 22.8 Å². The number of hydrogen-bond donors (Lipinski definition) is 1. The van der Waals surface area contributed by atoms with Crippen LogP contribution in [0.3, 0.4) is 0 Å². The first kappa shape index (κ1) is 24.3. The van der Waals surface area contributed by atoms with Crippen LogP contribution in [0.25, 0.3) is 0 Å². The number of ketones is 2. The van der Waals surface area contributed by atoms with Crippen LogP contribution in [0.5, 0.6) is 0 Å². The number of nitrogens with zero attached hydrogens (tertiary/aromatic N) is 1. The number of carbonyl (C=O) groups excluding carboxylic acids is 3. The molecule has 184 valence electrons. The van der Waals surface area contributed by atoms with Gasteiger partial charge in [-0.2, -0.15) is 4.31 Å². The standard InChI is InChI=1S/C29H22N2O5S/c1-31(18-19-8-3-2-4-9-19)37(35,36)21-16-14-20(15-17-21)29(34)30-25-13-7-12-24-26(25)28(33)23-11-6-5-10-22(23)27(24)32/h2-17H,18H2,1H3,(H,30,34). The summed E-state index contributed by atoms with van der Waals surface area (Å²) in [5.41, 5.74) is 2.26. The summed E-state index contributed by atoms with van der Waals surface area (Å²) < 4.78 is 27.2. The zero-order valence-electron chi connectivity index (χ0n) is 19.8. The summed E-state index contributed by atoms with van der Waals surface area (Å²) in [5, 5.41) is 2.71. The van der Waals surface area contributed by atoms with Gasteiger partial charge in [0.25, 0.3) is 5.91 Å². The maximum Gasteiger partial charge on any atom is 0.255 e. The Bertz CT molecular complexity index is 1650. The van der Waals surface area contributed by atoms with Crippen LogP contribution < -0.4 is 5.32 Å². The summed E-state index contributed by atoms with van der Waals surface area (Å²) in [7, 11) is -2.27. The topological polar surface area (TPSA) is 101 Å². The molecule has 8 heteroatoms. The van der Waals surface area contributed by atoms with Gasteiger partial charge < -0.3 is 5.32 Å². The Labute approximate surface area is 214 Å². The number of sulfonamides is 1. The van der Waals surface area contributed by atoms with Crippen molar-refractivity contribution in [3.8, 4) is 0 Å². The minimum atomic E-state index is -3.77. The highest BCUT2D eigenvalue weighted by Gasteiger charge is 2.31. The molecule has 0 aliphatic heterocycles. The lowest BCUT2D eigenvalue weighted by atomic mass is 9.83. The summed E-state index contributed by atoms with van der Waals surface area (Å²) in [6.07, 6.45) is 0. The van der Waals surface area contributed by atoms with E-state index in [1.807, 2.05) is 30.3 Å². The average Bonchev–Trinajstić information content (AvgIpc) is 2.92. The van der Waals surface area contributed by atoms with E-state index in [2.05, 4.69) is 5.32 Å². The van der Waals surface area contributed by atoms with Gasteiger partial charge in [-0.25, -0.2) is 8.42 Å². The summed E-state index contributed by atoms with van der Waals surface area (Å²) >= 11 is 0. The van der Waals surface area contributed by atoms with Gasteiger partial charge in [-0.1, -0.05) is 66.7 Å².